The summed E-state index contributed by atoms with van der Waals surface area (Å²) in [5.74, 6) is 0.839. The number of rotatable bonds is 8. The standard InChI is InChI=1S/C22H34N2O3/c1-2-3-8-17-26-19-13-11-18(12-14-19)23-22(25)27-21-10-5-4-9-20(21)24-15-6-7-16-24/h11-14,20-21H,2-10,15-17H2,1H3,(H,23,25)/t20-,21+/m1/s1. The summed E-state index contributed by atoms with van der Waals surface area (Å²) in [5.41, 5.74) is 0.745. The number of unbranched alkanes of at least 4 members (excludes halogenated alkanes) is 2. The molecule has 2 fully saturated rings. The molecule has 0 spiro atoms. The third-order valence-corrected chi connectivity index (χ3v) is 5.65. The molecule has 2 aliphatic rings. The lowest BCUT2D eigenvalue weighted by Crippen LogP contribution is -2.46. The van der Waals surface area contributed by atoms with Crippen molar-refractivity contribution in [3.63, 3.8) is 0 Å². The van der Waals surface area contributed by atoms with Crippen LogP contribution >= 0.6 is 0 Å². The van der Waals surface area contributed by atoms with E-state index in [1.165, 1.54) is 32.1 Å². The number of benzene rings is 1. The Balaban J connectivity index is 1.46. The van der Waals surface area contributed by atoms with Gasteiger partial charge in [0.05, 0.1) is 6.61 Å². The third-order valence-electron chi connectivity index (χ3n) is 5.65. The molecule has 27 heavy (non-hydrogen) atoms. The van der Waals surface area contributed by atoms with Crippen molar-refractivity contribution in [3.05, 3.63) is 24.3 Å². The number of carbonyl (C=O) groups excluding carboxylic acids is 1. The first kappa shape index (κ1) is 20.0. The Morgan fingerprint density at radius 2 is 1.81 bits per heavy atom. The van der Waals surface area contributed by atoms with Crippen molar-refractivity contribution in [2.45, 2.75) is 76.9 Å². The maximum atomic E-state index is 12.4. The maximum Gasteiger partial charge on any atom is 0.411 e. The number of ether oxygens (including phenoxy) is 2. The molecule has 1 aromatic rings. The number of nitrogens with one attached hydrogen (secondary N) is 1. The molecule has 0 unspecified atom stereocenters. The number of nitrogens with zero attached hydrogens (tertiary/aromatic N) is 1. The first-order valence-corrected chi connectivity index (χ1v) is 10.7. The Kier molecular flexibility index (Phi) is 7.81. The summed E-state index contributed by atoms with van der Waals surface area (Å²) < 4.78 is 11.5. The molecule has 1 saturated carbocycles. The van der Waals surface area contributed by atoms with Gasteiger partial charge < -0.3 is 9.47 Å². The summed E-state index contributed by atoms with van der Waals surface area (Å²) in [7, 11) is 0. The monoisotopic (exact) mass is 374 g/mol. The van der Waals surface area contributed by atoms with Crippen molar-refractivity contribution in [1.29, 1.82) is 0 Å². The van der Waals surface area contributed by atoms with Crippen molar-refractivity contribution >= 4 is 11.8 Å². The number of anilines is 1. The zero-order valence-electron chi connectivity index (χ0n) is 16.6. The summed E-state index contributed by atoms with van der Waals surface area (Å²) in [5, 5.41) is 2.87. The van der Waals surface area contributed by atoms with Crippen molar-refractivity contribution in [1.82, 2.24) is 4.90 Å². The summed E-state index contributed by atoms with van der Waals surface area (Å²) in [6, 6.07) is 7.93. The van der Waals surface area contributed by atoms with Crippen LogP contribution in [-0.4, -0.2) is 42.8 Å². The van der Waals surface area contributed by atoms with Crippen LogP contribution in [0.2, 0.25) is 0 Å². The predicted molar refractivity (Wildman–Crippen MR) is 108 cm³/mol. The molecule has 0 bridgehead atoms. The van der Waals surface area contributed by atoms with E-state index < -0.39 is 0 Å². The van der Waals surface area contributed by atoms with E-state index in [4.69, 9.17) is 9.47 Å². The minimum Gasteiger partial charge on any atom is -0.494 e. The zero-order chi connectivity index (χ0) is 18.9. The SMILES string of the molecule is CCCCCOc1ccc(NC(=O)O[C@H]2CCCC[C@H]2N2CCCC2)cc1. The number of likely N-dealkylation sites (tertiary alicyclic amines) is 1. The second-order valence-electron chi connectivity index (χ2n) is 7.74. The van der Waals surface area contributed by atoms with Crippen LogP contribution in [0.1, 0.15) is 64.7 Å². The van der Waals surface area contributed by atoms with E-state index in [2.05, 4.69) is 17.1 Å². The van der Waals surface area contributed by atoms with E-state index in [0.29, 0.717) is 6.04 Å². The quantitative estimate of drug-likeness (QED) is 0.635. The van der Waals surface area contributed by atoms with Gasteiger partial charge in [-0.05, 0) is 75.9 Å². The molecule has 1 aliphatic carbocycles. The lowest BCUT2D eigenvalue weighted by atomic mass is 9.91. The molecule has 1 saturated heterocycles. The fraction of sp³-hybridized carbons (Fsp3) is 0.682. The highest BCUT2D eigenvalue weighted by molar-refractivity contribution is 5.84. The Bertz CT molecular complexity index is 569. The van der Waals surface area contributed by atoms with Gasteiger partial charge in [0.2, 0.25) is 0 Å². The number of hydrogen-bond acceptors (Lipinski definition) is 4. The third kappa shape index (κ3) is 6.13. The number of carbonyl (C=O) groups is 1. The topological polar surface area (TPSA) is 50.8 Å². The molecule has 1 heterocycles. The summed E-state index contributed by atoms with van der Waals surface area (Å²) >= 11 is 0. The highest BCUT2D eigenvalue weighted by Crippen LogP contribution is 2.28. The van der Waals surface area contributed by atoms with Gasteiger partial charge in [-0.3, -0.25) is 10.2 Å². The van der Waals surface area contributed by atoms with Gasteiger partial charge in [-0.25, -0.2) is 4.79 Å². The fourth-order valence-corrected chi connectivity index (χ4v) is 4.17. The molecule has 3 rings (SSSR count). The van der Waals surface area contributed by atoms with Gasteiger partial charge in [-0.1, -0.05) is 26.2 Å². The van der Waals surface area contributed by atoms with E-state index in [0.717, 1.165) is 56.8 Å². The van der Waals surface area contributed by atoms with Crippen molar-refractivity contribution in [2.24, 2.45) is 0 Å². The average Bonchev–Trinajstić information content (AvgIpc) is 3.21. The van der Waals surface area contributed by atoms with E-state index in [-0.39, 0.29) is 12.2 Å². The van der Waals surface area contributed by atoms with Crippen LogP contribution in [-0.2, 0) is 4.74 Å². The van der Waals surface area contributed by atoms with Crippen LogP contribution < -0.4 is 10.1 Å². The largest absolute Gasteiger partial charge is 0.494 e. The lowest BCUT2D eigenvalue weighted by molar-refractivity contribution is 0.0176. The van der Waals surface area contributed by atoms with Crippen LogP contribution in [0.15, 0.2) is 24.3 Å². The molecular weight excluding hydrogens is 340 g/mol. The van der Waals surface area contributed by atoms with Gasteiger partial charge in [0.25, 0.3) is 0 Å². The van der Waals surface area contributed by atoms with Crippen molar-refractivity contribution in [2.75, 3.05) is 25.0 Å². The molecule has 0 aromatic heterocycles. The van der Waals surface area contributed by atoms with Crippen molar-refractivity contribution in [3.8, 4) is 5.75 Å². The molecule has 0 radical (unpaired) electrons. The second-order valence-corrected chi connectivity index (χ2v) is 7.74. The van der Waals surface area contributed by atoms with E-state index >= 15 is 0 Å². The first-order chi connectivity index (χ1) is 13.3. The molecule has 2 atom stereocenters. The summed E-state index contributed by atoms with van der Waals surface area (Å²) in [6.07, 6.45) is 10.1. The minimum atomic E-state index is -0.345. The molecule has 1 N–H and O–H groups in total. The Morgan fingerprint density at radius 1 is 1.07 bits per heavy atom. The summed E-state index contributed by atoms with van der Waals surface area (Å²) in [4.78, 5) is 14.9. The first-order valence-electron chi connectivity index (χ1n) is 10.7. The van der Waals surface area contributed by atoms with E-state index in [9.17, 15) is 4.79 Å². The van der Waals surface area contributed by atoms with Crippen LogP contribution in [0.4, 0.5) is 10.5 Å². The normalized spacial score (nSPS) is 23.1. The second kappa shape index (κ2) is 10.5. The van der Waals surface area contributed by atoms with Crippen LogP contribution in [0, 0.1) is 0 Å². The average molecular weight is 375 g/mol. The van der Waals surface area contributed by atoms with E-state index in [1.807, 2.05) is 24.3 Å². The van der Waals surface area contributed by atoms with Gasteiger partial charge in [-0.15, -0.1) is 0 Å². The Hall–Kier alpha value is -1.75. The van der Waals surface area contributed by atoms with Crippen molar-refractivity contribution < 1.29 is 14.3 Å². The van der Waals surface area contributed by atoms with Gasteiger partial charge >= 0.3 is 6.09 Å². The Labute approximate surface area is 163 Å². The van der Waals surface area contributed by atoms with E-state index in [1.54, 1.807) is 0 Å². The minimum absolute atomic E-state index is 0.0121. The smallest absolute Gasteiger partial charge is 0.411 e. The van der Waals surface area contributed by atoms with Gasteiger partial charge in [0, 0.05) is 11.7 Å². The molecule has 5 heteroatoms. The number of hydrogen-bond donors (Lipinski definition) is 1. The molecule has 5 nitrogen and oxygen atoms in total. The number of amides is 1. The van der Waals surface area contributed by atoms with Gasteiger partial charge in [-0.2, -0.15) is 0 Å². The molecule has 1 amide bonds. The highest BCUT2D eigenvalue weighted by Gasteiger charge is 2.34. The maximum absolute atomic E-state index is 12.4. The highest BCUT2D eigenvalue weighted by atomic mass is 16.6. The zero-order valence-corrected chi connectivity index (χ0v) is 16.6. The fourth-order valence-electron chi connectivity index (χ4n) is 4.17. The van der Waals surface area contributed by atoms with Crippen LogP contribution in [0.25, 0.3) is 0 Å². The molecular formula is C22H34N2O3. The molecule has 150 valence electrons. The van der Waals surface area contributed by atoms with Crippen LogP contribution in [0.5, 0.6) is 5.75 Å². The van der Waals surface area contributed by atoms with Crippen LogP contribution in [0.3, 0.4) is 0 Å². The Morgan fingerprint density at radius 3 is 2.56 bits per heavy atom. The molecule has 1 aliphatic heterocycles. The van der Waals surface area contributed by atoms with Gasteiger partial charge in [0.1, 0.15) is 11.9 Å². The summed E-state index contributed by atoms with van der Waals surface area (Å²) in [6.45, 7) is 5.21. The lowest BCUT2D eigenvalue weighted by Gasteiger charge is -2.37. The van der Waals surface area contributed by atoms with Gasteiger partial charge in [0.15, 0.2) is 0 Å². The molecule has 1 aromatic carbocycles. The predicted octanol–water partition coefficient (Wildman–Crippen LogP) is 5.21.